The first kappa shape index (κ1) is 16.8. The molecule has 0 saturated heterocycles. The van der Waals surface area contributed by atoms with Crippen molar-refractivity contribution in [2.75, 3.05) is 11.9 Å². The Balaban J connectivity index is 2.71. The van der Waals surface area contributed by atoms with E-state index in [1.807, 2.05) is 0 Å². The molecule has 0 radical (unpaired) electrons. The summed E-state index contributed by atoms with van der Waals surface area (Å²) >= 11 is 5.77. The number of rotatable bonds is 5. The monoisotopic (exact) mass is 314 g/mol. The van der Waals surface area contributed by atoms with Crippen LogP contribution in [0.15, 0.2) is 18.2 Å². The zero-order chi connectivity index (χ0) is 16.0. The molecule has 0 saturated carbocycles. The molecule has 1 unspecified atom stereocenters. The Bertz CT molecular complexity index is 561. The van der Waals surface area contributed by atoms with Crippen LogP contribution in [0.3, 0.4) is 0 Å². The summed E-state index contributed by atoms with van der Waals surface area (Å²) in [6.45, 7) is 3.34. The van der Waals surface area contributed by atoms with Crippen molar-refractivity contribution < 1.29 is 24.2 Å². The molecule has 0 heterocycles. The lowest BCUT2D eigenvalue weighted by Crippen LogP contribution is -2.41. The van der Waals surface area contributed by atoms with E-state index in [4.69, 9.17) is 21.4 Å². The van der Waals surface area contributed by atoms with Gasteiger partial charge in [0.25, 0.3) is 0 Å². The predicted molar refractivity (Wildman–Crippen MR) is 76.7 cm³/mol. The molecular weight excluding hydrogens is 300 g/mol. The number of benzene rings is 1. The van der Waals surface area contributed by atoms with E-state index in [1.165, 1.54) is 25.1 Å². The van der Waals surface area contributed by atoms with Crippen LogP contribution in [-0.2, 0) is 9.53 Å². The largest absolute Gasteiger partial charge is 0.478 e. The van der Waals surface area contributed by atoms with Crippen molar-refractivity contribution in [2.24, 2.45) is 0 Å². The highest BCUT2D eigenvalue weighted by Gasteiger charge is 2.17. The number of amides is 2. The fourth-order valence-electron chi connectivity index (χ4n) is 1.48. The number of carboxylic acid groups (broad SMARTS) is 1. The molecule has 1 aromatic carbocycles. The second-order valence-corrected chi connectivity index (χ2v) is 4.54. The van der Waals surface area contributed by atoms with Crippen LogP contribution in [0.5, 0.6) is 0 Å². The molecule has 1 aromatic rings. The van der Waals surface area contributed by atoms with Crippen molar-refractivity contribution in [1.29, 1.82) is 0 Å². The summed E-state index contributed by atoms with van der Waals surface area (Å²) in [5, 5.41) is 13.8. The third-order valence-corrected chi connectivity index (χ3v) is 2.61. The van der Waals surface area contributed by atoms with E-state index in [-0.39, 0.29) is 22.9 Å². The molecule has 0 aromatic heterocycles. The third-order valence-electron chi connectivity index (χ3n) is 2.39. The van der Waals surface area contributed by atoms with Crippen LogP contribution in [0.25, 0.3) is 0 Å². The molecule has 8 heteroatoms. The highest BCUT2D eigenvalue weighted by atomic mass is 35.5. The normalized spacial score (nSPS) is 11.4. The van der Waals surface area contributed by atoms with E-state index in [0.29, 0.717) is 0 Å². The maximum Gasteiger partial charge on any atom is 0.335 e. The fraction of sp³-hybridized carbons (Fsp3) is 0.308. The Labute approximate surface area is 126 Å². The molecule has 3 N–H and O–H groups in total. The highest BCUT2D eigenvalue weighted by molar-refractivity contribution is 6.31. The first-order valence-electron chi connectivity index (χ1n) is 6.11. The number of aromatic carboxylic acids is 1. The number of hydrogen-bond acceptors (Lipinski definition) is 4. The van der Waals surface area contributed by atoms with Crippen molar-refractivity contribution in [3.63, 3.8) is 0 Å². The van der Waals surface area contributed by atoms with Crippen molar-refractivity contribution >= 4 is 35.3 Å². The average molecular weight is 315 g/mol. The van der Waals surface area contributed by atoms with E-state index in [0.717, 1.165) is 0 Å². The van der Waals surface area contributed by atoms with Gasteiger partial charge in [0, 0.05) is 10.7 Å². The zero-order valence-corrected chi connectivity index (χ0v) is 12.2. The van der Waals surface area contributed by atoms with Gasteiger partial charge in [-0.2, -0.15) is 0 Å². The van der Waals surface area contributed by atoms with E-state index in [1.54, 1.807) is 6.92 Å². The number of esters is 1. The second kappa shape index (κ2) is 7.49. The van der Waals surface area contributed by atoms with Crippen molar-refractivity contribution in [1.82, 2.24) is 5.32 Å². The Hall–Kier alpha value is -2.28. The maximum absolute atomic E-state index is 11.7. The van der Waals surface area contributed by atoms with Gasteiger partial charge in [-0.05, 0) is 32.0 Å². The van der Waals surface area contributed by atoms with Gasteiger partial charge in [-0.25, -0.2) is 14.4 Å². The van der Waals surface area contributed by atoms with Gasteiger partial charge in [0.15, 0.2) is 0 Å². The molecule has 0 aliphatic carbocycles. The Morgan fingerprint density at radius 3 is 2.57 bits per heavy atom. The van der Waals surface area contributed by atoms with Crippen molar-refractivity contribution in [2.45, 2.75) is 19.9 Å². The minimum absolute atomic E-state index is 0.0590. The van der Waals surface area contributed by atoms with Gasteiger partial charge < -0.3 is 20.5 Å². The molecule has 7 nitrogen and oxygen atoms in total. The average Bonchev–Trinajstić information content (AvgIpc) is 2.37. The van der Waals surface area contributed by atoms with Gasteiger partial charge in [-0.1, -0.05) is 11.6 Å². The third kappa shape index (κ3) is 5.31. The van der Waals surface area contributed by atoms with E-state index in [2.05, 4.69) is 10.6 Å². The molecule has 1 atom stereocenters. The highest BCUT2D eigenvalue weighted by Crippen LogP contribution is 2.19. The van der Waals surface area contributed by atoms with Crippen LogP contribution in [0.2, 0.25) is 5.02 Å². The molecule has 21 heavy (non-hydrogen) atoms. The number of anilines is 1. The van der Waals surface area contributed by atoms with Crippen LogP contribution >= 0.6 is 11.6 Å². The van der Waals surface area contributed by atoms with Crippen LogP contribution in [-0.4, -0.2) is 35.7 Å². The van der Waals surface area contributed by atoms with Crippen molar-refractivity contribution in [3.8, 4) is 0 Å². The topological polar surface area (TPSA) is 105 Å². The molecule has 2 amide bonds. The quantitative estimate of drug-likeness (QED) is 0.722. The van der Waals surface area contributed by atoms with Gasteiger partial charge in [0.1, 0.15) is 6.04 Å². The lowest BCUT2D eigenvalue weighted by molar-refractivity contribution is -0.144. The number of urea groups is 1. The SMILES string of the molecule is CCOC(=O)C(C)NC(=O)Nc1cc(Cl)cc(C(=O)O)c1. The van der Waals surface area contributed by atoms with E-state index < -0.39 is 24.0 Å². The molecule has 0 bridgehead atoms. The molecule has 114 valence electrons. The summed E-state index contributed by atoms with van der Waals surface area (Å²) < 4.78 is 4.74. The molecule has 1 rings (SSSR count). The predicted octanol–water partition coefficient (Wildman–Crippen LogP) is 2.11. The number of nitrogens with one attached hydrogen (secondary N) is 2. The first-order valence-corrected chi connectivity index (χ1v) is 6.49. The van der Waals surface area contributed by atoms with Gasteiger partial charge in [-0.3, -0.25) is 0 Å². The Morgan fingerprint density at radius 1 is 1.33 bits per heavy atom. The Kier molecular flexibility index (Phi) is 5.98. The Morgan fingerprint density at radius 2 is 2.00 bits per heavy atom. The molecule has 0 aliphatic heterocycles. The van der Waals surface area contributed by atoms with Crippen LogP contribution < -0.4 is 10.6 Å². The fourth-order valence-corrected chi connectivity index (χ4v) is 1.71. The lowest BCUT2D eigenvalue weighted by Gasteiger charge is -2.13. The summed E-state index contributed by atoms with van der Waals surface area (Å²) in [7, 11) is 0. The smallest absolute Gasteiger partial charge is 0.335 e. The summed E-state index contributed by atoms with van der Waals surface area (Å²) in [5.74, 6) is -1.73. The minimum Gasteiger partial charge on any atom is -0.478 e. The first-order chi connectivity index (χ1) is 9.83. The number of hydrogen-bond donors (Lipinski definition) is 3. The van der Waals surface area contributed by atoms with Gasteiger partial charge in [-0.15, -0.1) is 0 Å². The van der Waals surface area contributed by atoms with Gasteiger partial charge >= 0.3 is 18.0 Å². The summed E-state index contributed by atoms with van der Waals surface area (Å²) in [6.07, 6.45) is 0. The van der Waals surface area contributed by atoms with E-state index in [9.17, 15) is 14.4 Å². The molecular formula is C13H15ClN2O5. The van der Waals surface area contributed by atoms with Crippen molar-refractivity contribution in [3.05, 3.63) is 28.8 Å². The molecule has 0 spiro atoms. The van der Waals surface area contributed by atoms with Crippen LogP contribution in [0, 0.1) is 0 Å². The van der Waals surface area contributed by atoms with Crippen LogP contribution in [0.1, 0.15) is 24.2 Å². The summed E-state index contributed by atoms with van der Waals surface area (Å²) in [6, 6.07) is 2.40. The number of ether oxygens (including phenoxy) is 1. The number of halogens is 1. The van der Waals surface area contributed by atoms with Gasteiger partial charge in [0.05, 0.1) is 12.2 Å². The van der Waals surface area contributed by atoms with E-state index >= 15 is 0 Å². The van der Waals surface area contributed by atoms with Gasteiger partial charge in [0.2, 0.25) is 0 Å². The number of carbonyl (C=O) groups is 3. The number of carbonyl (C=O) groups excluding carboxylic acids is 2. The number of carboxylic acids is 1. The molecule has 0 aliphatic rings. The maximum atomic E-state index is 11.7. The standard InChI is InChI=1S/C13H15ClN2O5/c1-3-21-12(19)7(2)15-13(20)16-10-5-8(11(17)18)4-9(14)6-10/h4-7H,3H2,1-2H3,(H,17,18)(H2,15,16,20). The minimum atomic E-state index is -1.17. The summed E-state index contributed by atoms with van der Waals surface area (Å²) in [4.78, 5) is 34.0. The second-order valence-electron chi connectivity index (χ2n) is 4.11. The van der Waals surface area contributed by atoms with Crippen LogP contribution in [0.4, 0.5) is 10.5 Å². The summed E-state index contributed by atoms with van der Waals surface area (Å²) in [5.41, 5.74) is 0.143. The zero-order valence-electron chi connectivity index (χ0n) is 11.5. The lowest BCUT2D eigenvalue weighted by atomic mass is 10.2. The molecule has 0 fully saturated rings.